The number of rotatable bonds is 4. The fraction of sp³-hybridized carbons (Fsp3) is 0.619. The molecular weight excluding hydrogens is 294 g/mol. The summed E-state index contributed by atoms with van der Waals surface area (Å²) in [6.45, 7) is 7.49. The van der Waals surface area contributed by atoms with Gasteiger partial charge in [-0.1, -0.05) is 25.1 Å². The zero-order chi connectivity index (χ0) is 16.6. The number of nitrogens with zero attached hydrogens (tertiary/aromatic N) is 2. The van der Waals surface area contributed by atoms with Crippen molar-refractivity contribution >= 4 is 10.9 Å². The molecule has 4 rings (SSSR count). The lowest BCUT2D eigenvalue weighted by atomic mass is 9.77. The molecule has 2 saturated heterocycles. The molecule has 0 bridgehead atoms. The van der Waals surface area contributed by atoms with E-state index < -0.39 is 0 Å². The van der Waals surface area contributed by atoms with Gasteiger partial charge < -0.3 is 14.8 Å². The van der Waals surface area contributed by atoms with Gasteiger partial charge in [-0.15, -0.1) is 0 Å². The Hall–Kier alpha value is -1.32. The number of H-pyrrole nitrogens is 1. The maximum atomic E-state index is 3.68. The molecule has 0 amide bonds. The van der Waals surface area contributed by atoms with E-state index >= 15 is 0 Å². The lowest BCUT2D eigenvalue weighted by molar-refractivity contribution is 0.152. The Balaban J connectivity index is 1.36. The number of benzene rings is 1. The molecule has 0 unspecified atom stereocenters. The SMILES string of the molecule is CN1CCC[C@@H]1CCN1CCC(C)(c2cc3ccccc3[nH]2)CC1. The molecule has 24 heavy (non-hydrogen) atoms. The first kappa shape index (κ1) is 16.2. The van der Waals surface area contributed by atoms with Crippen molar-refractivity contribution < 1.29 is 0 Å². The second-order valence-corrected chi connectivity index (χ2v) is 8.24. The summed E-state index contributed by atoms with van der Waals surface area (Å²) in [5.74, 6) is 0. The van der Waals surface area contributed by atoms with Crippen LogP contribution in [-0.4, -0.2) is 54.1 Å². The number of aromatic amines is 1. The zero-order valence-corrected chi connectivity index (χ0v) is 15.2. The molecular formula is C21H31N3. The number of piperidine rings is 1. The van der Waals surface area contributed by atoms with Crippen molar-refractivity contribution in [2.24, 2.45) is 0 Å². The highest BCUT2D eigenvalue weighted by Crippen LogP contribution is 2.36. The Morgan fingerprint density at radius 2 is 1.96 bits per heavy atom. The van der Waals surface area contributed by atoms with Crippen LogP contribution in [0.5, 0.6) is 0 Å². The van der Waals surface area contributed by atoms with E-state index in [2.05, 4.69) is 59.1 Å². The number of aromatic nitrogens is 1. The van der Waals surface area contributed by atoms with Gasteiger partial charge in [0.2, 0.25) is 0 Å². The first-order chi connectivity index (χ1) is 11.6. The number of fused-ring (bicyclic) bond motifs is 1. The minimum Gasteiger partial charge on any atom is -0.358 e. The topological polar surface area (TPSA) is 22.3 Å². The molecule has 2 aliphatic rings. The lowest BCUT2D eigenvalue weighted by Gasteiger charge is -2.39. The van der Waals surface area contributed by atoms with Crippen LogP contribution in [-0.2, 0) is 5.41 Å². The minimum atomic E-state index is 0.305. The molecule has 130 valence electrons. The molecule has 2 aliphatic heterocycles. The molecule has 3 heterocycles. The van der Waals surface area contributed by atoms with Crippen LogP contribution in [0.15, 0.2) is 30.3 Å². The standard InChI is InChI=1S/C21H31N3/c1-21(20-16-17-6-3-4-8-19(17)22-20)10-14-24(15-11-21)13-9-18-7-5-12-23(18)2/h3-4,6,8,16,18,22H,5,7,9-15H2,1-2H3/t18-/m1/s1. The van der Waals surface area contributed by atoms with Crippen molar-refractivity contribution in [2.45, 2.75) is 50.5 Å². The largest absolute Gasteiger partial charge is 0.358 e. The van der Waals surface area contributed by atoms with Crippen molar-refractivity contribution in [2.75, 3.05) is 33.2 Å². The summed E-state index contributed by atoms with van der Waals surface area (Å²) in [5.41, 5.74) is 3.01. The maximum Gasteiger partial charge on any atom is 0.0456 e. The summed E-state index contributed by atoms with van der Waals surface area (Å²) in [5, 5.41) is 1.35. The quantitative estimate of drug-likeness (QED) is 0.918. The van der Waals surface area contributed by atoms with Gasteiger partial charge in [-0.25, -0.2) is 0 Å². The second kappa shape index (κ2) is 6.53. The van der Waals surface area contributed by atoms with Crippen molar-refractivity contribution in [3.63, 3.8) is 0 Å². The predicted molar refractivity (Wildman–Crippen MR) is 102 cm³/mol. The third-order valence-electron chi connectivity index (χ3n) is 6.59. The monoisotopic (exact) mass is 325 g/mol. The first-order valence-corrected chi connectivity index (χ1v) is 9.65. The van der Waals surface area contributed by atoms with Gasteiger partial charge in [-0.2, -0.15) is 0 Å². The molecule has 1 N–H and O–H groups in total. The van der Waals surface area contributed by atoms with Crippen molar-refractivity contribution in [3.05, 3.63) is 36.0 Å². The van der Waals surface area contributed by atoms with Crippen LogP contribution in [0.2, 0.25) is 0 Å². The van der Waals surface area contributed by atoms with Crippen LogP contribution < -0.4 is 0 Å². The number of para-hydroxylation sites is 1. The zero-order valence-electron chi connectivity index (χ0n) is 15.2. The van der Waals surface area contributed by atoms with Crippen molar-refractivity contribution in [1.82, 2.24) is 14.8 Å². The normalized spacial score (nSPS) is 25.5. The van der Waals surface area contributed by atoms with E-state index in [-0.39, 0.29) is 0 Å². The van der Waals surface area contributed by atoms with Crippen molar-refractivity contribution in [1.29, 1.82) is 0 Å². The number of nitrogens with one attached hydrogen (secondary N) is 1. The summed E-state index contributed by atoms with van der Waals surface area (Å²) in [6.07, 6.45) is 6.66. The van der Waals surface area contributed by atoms with Crippen LogP contribution in [0.25, 0.3) is 10.9 Å². The number of hydrogen-bond acceptors (Lipinski definition) is 2. The molecule has 0 radical (unpaired) electrons. The van der Waals surface area contributed by atoms with E-state index in [9.17, 15) is 0 Å². The van der Waals surface area contributed by atoms with Crippen LogP contribution in [0.1, 0.15) is 44.7 Å². The van der Waals surface area contributed by atoms with Gasteiger partial charge in [-0.3, -0.25) is 0 Å². The van der Waals surface area contributed by atoms with Crippen LogP contribution in [0, 0.1) is 0 Å². The van der Waals surface area contributed by atoms with Crippen LogP contribution in [0.4, 0.5) is 0 Å². The van der Waals surface area contributed by atoms with Crippen molar-refractivity contribution in [3.8, 4) is 0 Å². The molecule has 0 spiro atoms. The lowest BCUT2D eigenvalue weighted by Crippen LogP contribution is -2.42. The molecule has 0 saturated carbocycles. The Bertz CT molecular complexity index is 648. The average Bonchev–Trinajstić information content (AvgIpc) is 3.21. The smallest absolute Gasteiger partial charge is 0.0456 e. The molecule has 0 aliphatic carbocycles. The summed E-state index contributed by atoms with van der Waals surface area (Å²) in [7, 11) is 2.29. The summed E-state index contributed by atoms with van der Waals surface area (Å²) in [4.78, 5) is 8.92. The van der Waals surface area contributed by atoms with Crippen LogP contribution in [0.3, 0.4) is 0 Å². The maximum absolute atomic E-state index is 3.68. The van der Waals surface area contributed by atoms with E-state index in [4.69, 9.17) is 0 Å². The van der Waals surface area contributed by atoms with Gasteiger partial charge in [0.15, 0.2) is 0 Å². The Morgan fingerprint density at radius 1 is 1.17 bits per heavy atom. The molecule has 3 nitrogen and oxygen atoms in total. The Kier molecular flexibility index (Phi) is 4.40. The van der Waals surface area contributed by atoms with Crippen LogP contribution >= 0.6 is 0 Å². The van der Waals surface area contributed by atoms with Gasteiger partial charge in [0.05, 0.1) is 0 Å². The molecule has 2 fully saturated rings. The summed E-state index contributed by atoms with van der Waals surface area (Å²) in [6, 6.07) is 11.9. The molecule has 1 aromatic heterocycles. The Morgan fingerprint density at radius 3 is 2.67 bits per heavy atom. The van der Waals surface area contributed by atoms with Gasteiger partial charge in [0.25, 0.3) is 0 Å². The minimum absolute atomic E-state index is 0.305. The summed E-state index contributed by atoms with van der Waals surface area (Å²) >= 11 is 0. The highest BCUT2D eigenvalue weighted by molar-refractivity contribution is 5.80. The highest BCUT2D eigenvalue weighted by atomic mass is 15.2. The number of likely N-dealkylation sites (tertiary alicyclic amines) is 2. The van der Waals surface area contributed by atoms with E-state index in [1.807, 2.05) is 0 Å². The fourth-order valence-electron chi connectivity index (χ4n) is 4.61. The molecule has 2 aromatic rings. The van der Waals surface area contributed by atoms with E-state index in [1.54, 1.807) is 0 Å². The predicted octanol–water partition coefficient (Wildman–Crippen LogP) is 4.01. The molecule has 1 aromatic carbocycles. The van der Waals surface area contributed by atoms with E-state index in [1.165, 1.54) is 74.9 Å². The first-order valence-electron chi connectivity index (χ1n) is 9.65. The Labute approximate surface area is 146 Å². The third-order valence-corrected chi connectivity index (χ3v) is 6.59. The summed E-state index contributed by atoms with van der Waals surface area (Å²) < 4.78 is 0. The fourth-order valence-corrected chi connectivity index (χ4v) is 4.61. The molecule has 3 heteroatoms. The van der Waals surface area contributed by atoms with Gasteiger partial charge in [-0.05, 0) is 82.8 Å². The van der Waals surface area contributed by atoms with E-state index in [0.29, 0.717) is 5.41 Å². The van der Waals surface area contributed by atoms with Gasteiger partial charge >= 0.3 is 0 Å². The number of hydrogen-bond donors (Lipinski definition) is 1. The second-order valence-electron chi connectivity index (χ2n) is 8.24. The molecule has 1 atom stereocenters. The van der Waals surface area contributed by atoms with Gasteiger partial charge in [0, 0.05) is 22.7 Å². The van der Waals surface area contributed by atoms with E-state index in [0.717, 1.165) is 6.04 Å². The average molecular weight is 326 g/mol. The third kappa shape index (κ3) is 3.12. The van der Waals surface area contributed by atoms with Gasteiger partial charge in [0.1, 0.15) is 0 Å². The highest BCUT2D eigenvalue weighted by Gasteiger charge is 2.33.